The normalized spacial score (nSPS) is 16.5. The summed E-state index contributed by atoms with van der Waals surface area (Å²) < 4.78 is 10.9. The molecule has 0 N–H and O–H groups in total. The molecule has 1 aliphatic rings. The van der Waals surface area contributed by atoms with Gasteiger partial charge in [-0.2, -0.15) is 4.99 Å². The Kier molecular flexibility index (Phi) is 3.64. The zero-order chi connectivity index (χ0) is 11.2. The van der Waals surface area contributed by atoms with Crippen molar-refractivity contribution in [3.8, 4) is 5.88 Å². The average Bonchev–Trinajstić information content (AvgIpc) is 2.33. The van der Waals surface area contributed by atoms with Crippen LogP contribution in [-0.2, 0) is 9.53 Å². The molecular formula is C11H12N2O3. The van der Waals surface area contributed by atoms with E-state index in [2.05, 4.69) is 9.98 Å². The van der Waals surface area contributed by atoms with E-state index in [0.717, 1.165) is 26.1 Å². The first-order valence-electron chi connectivity index (χ1n) is 5.17. The van der Waals surface area contributed by atoms with E-state index in [1.807, 2.05) is 0 Å². The van der Waals surface area contributed by atoms with Crippen LogP contribution in [-0.4, -0.2) is 30.4 Å². The van der Waals surface area contributed by atoms with Crippen molar-refractivity contribution >= 4 is 11.8 Å². The summed E-state index contributed by atoms with van der Waals surface area (Å²) in [5.41, 5.74) is 0.481. The van der Waals surface area contributed by atoms with Gasteiger partial charge in [0.2, 0.25) is 12.0 Å². The third kappa shape index (κ3) is 2.89. The van der Waals surface area contributed by atoms with Crippen molar-refractivity contribution in [2.45, 2.75) is 18.9 Å². The van der Waals surface area contributed by atoms with Crippen LogP contribution in [0.4, 0.5) is 5.69 Å². The van der Waals surface area contributed by atoms with Crippen molar-refractivity contribution < 1.29 is 14.3 Å². The van der Waals surface area contributed by atoms with Crippen LogP contribution < -0.4 is 4.74 Å². The van der Waals surface area contributed by atoms with Crippen molar-refractivity contribution in [2.75, 3.05) is 13.2 Å². The molecule has 2 heterocycles. The van der Waals surface area contributed by atoms with Gasteiger partial charge in [-0.05, 0) is 6.07 Å². The molecule has 0 amide bonds. The fourth-order valence-electron chi connectivity index (χ4n) is 1.53. The average molecular weight is 220 g/mol. The van der Waals surface area contributed by atoms with Crippen molar-refractivity contribution in [1.82, 2.24) is 4.98 Å². The highest BCUT2D eigenvalue weighted by molar-refractivity contribution is 5.47. The lowest BCUT2D eigenvalue weighted by molar-refractivity contribution is 0.0237. The van der Waals surface area contributed by atoms with Gasteiger partial charge >= 0.3 is 0 Å². The number of ether oxygens (including phenoxy) is 2. The summed E-state index contributed by atoms with van der Waals surface area (Å²) in [7, 11) is 0. The first-order chi connectivity index (χ1) is 7.88. The molecule has 0 aromatic carbocycles. The van der Waals surface area contributed by atoms with Crippen LogP contribution in [0.3, 0.4) is 0 Å². The second-order valence-electron chi connectivity index (χ2n) is 3.49. The molecule has 0 atom stereocenters. The van der Waals surface area contributed by atoms with E-state index in [1.54, 1.807) is 12.1 Å². The maximum absolute atomic E-state index is 10.0. The Hall–Kier alpha value is -1.71. The summed E-state index contributed by atoms with van der Waals surface area (Å²) in [6.45, 7) is 1.47. The third-order valence-electron chi connectivity index (χ3n) is 2.35. The summed E-state index contributed by atoms with van der Waals surface area (Å²) >= 11 is 0. The second-order valence-corrected chi connectivity index (χ2v) is 3.49. The molecule has 1 aromatic heterocycles. The SMILES string of the molecule is O=C=Nc1ccc(OC2CCOCC2)nc1. The van der Waals surface area contributed by atoms with Crippen LogP contribution in [0.25, 0.3) is 0 Å². The van der Waals surface area contributed by atoms with Crippen molar-refractivity contribution in [3.05, 3.63) is 18.3 Å². The topological polar surface area (TPSA) is 60.8 Å². The van der Waals surface area contributed by atoms with Crippen LogP contribution >= 0.6 is 0 Å². The van der Waals surface area contributed by atoms with Crippen LogP contribution in [0.15, 0.2) is 23.3 Å². The highest BCUT2D eigenvalue weighted by Crippen LogP contribution is 2.18. The standard InChI is InChI=1S/C11H12N2O3/c14-8-13-9-1-2-11(12-7-9)16-10-3-5-15-6-4-10/h1-2,7,10H,3-6H2. The predicted molar refractivity (Wildman–Crippen MR) is 56.5 cm³/mol. The Morgan fingerprint density at radius 3 is 2.88 bits per heavy atom. The number of hydrogen-bond donors (Lipinski definition) is 0. The highest BCUT2D eigenvalue weighted by Gasteiger charge is 2.15. The lowest BCUT2D eigenvalue weighted by Crippen LogP contribution is -2.26. The van der Waals surface area contributed by atoms with Crippen molar-refractivity contribution in [3.63, 3.8) is 0 Å². The molecule has 0 aliphatic carbocycles. The first kappa shape index (κ1) is 10.8. The molecule has 16 heavy (non-hydrogen) atoms. The minimum absolute atomic E-state index is 0.168. The quantitative estimate of drug-likeness (QED) is 0.573. The van der Waals surface area contributed by atoms with Crippen LogP contribution in [0.2, 0.25) is 0 Å². The number of carbonyl (C=O) groups excluding carboxylic acids is 1. The Morgan fingerprint density at radius 2 is 2.25 bits per heavy atom. The molecule has 1 aromatic rings. The van der Waals surface area contributed by atoms with Gasteiger partial charge in [0.05, 0.1) is 25.1 Å². The Morgan fingerprint density at radius 1 is 1.44 bits per heavy atom. The van der Waals surface area contributed by atoms with E-state index in [0.29, 0.717) is 11.6 Å². The van der Waals surface area contributed by atoms with Crippen molar-refractivity contribution in [1.29, 1.82) is 0 Å². The predicted octanol–water partition coefficient (Wildman–Crippen LogP) is 1.61. The van der Waals surface area contributed by atoms with Crippen LogP contribution in [0, 0.1) is 0 Å². The van der Waals surface area contributed by atoms with Gasteiger partial charge in [-0.25, -0.2) is 9.78 Å². The van der Waals surface area contributed by atoms with Gasteiger partial charge < -0.3 is 9.47 Å². The molecule has 1 aliphatic heterocycles. The molecule has 1 saturated heterocycles. The molecule has 2 rings (SSSR count). The molecule has 5 heteroatoms. The third-order valence-corrected chi connectivity index (χ3v) is 2.35. The number of hydrogen-bond acceptors (Lipinski definition) is 5. The van der Waals surface area contributed by atoms with Crippen molar-refractivity contribution in [2.24, 2.45) is 4.99 Å². The molecule has 0 radical (unpaired) electrons. The Bertz CT molecular complexity index is 379. The largest absolute Gasteiger partial charge is 0.474 e. The molecule has 0 bridgehead atoms. The molecule has 1 fully saturated rings. The van der Waals surface area contributed by atoms with Gasteiger partial charge in [-0.15, -0.1) is 0 Å². The molecule has 0 spiro atoms. The van der Waals surface area contributed by atoms with Gasteiger partial charge in [0.15, 0.2) is 0 Å². The van der Waals surface area contributed by atoms with Gasteiger partial charge in [0.1, 0.15) is 6.10 Å². The summed E-state index contributed by atoms with van der Waals surface area (Å²) in [5, 5.41) is 0. The van der Waals surface area contributed by atoms with E-state index in [-0.39, 0.29) is 6.10 Å². The Labute approximate surface area is 93.1 Å². The van der Waals surface area contributed by atoms with Gasteiger partial charge in [0, 0.05) is 18.9 Å². The zero-order valence-corrected chi connectivity index (χ0v) is 8.76. The highest BCUT2D eigenvalue weighted by atomic mass is 16.5. The summed E-state index contributed by atoms with van der Waals surface area (Å²) in [4.78, 5) is 17.5. The minimum Gasteiger partial charge on any atom is -0.474 e. The molecule has 0 saturated carbocycles. The maximum Gasteiger partial charge on any atom is 0.240 e. The summed E-state index contributed by atoms with van der Waals surface area (Å²) in [6, 6.07) is 3.37. The zero-order valence-electron chi connectivity index (χ0n) is 8.76. The lowest BCUT2D eigenvalue weighted by Gasteiger charge is -2.22. The van der Waals surface area contributed by atoms with E-state index in [1.165, 1.54) is 12.3 Å². The number of nitrogens with zero attached hydrogens (tertiary/aromatic N) is 2. The van der Waals surface area contributed by atoms with E-state index >= 15 is 0 Å². The second kappa shape index (κ2) is 5.39. The number of rotatable bonds is 3. The number of aromatic nitrogens is 1. The van der Waals surface area contributed by atoms with Gasteiger partial charge in [0.25, 0.3) is 0 Å². The minimum atomic E-state index is 0.168. The first-order valence-corrected chi connectivity index (χ1v) is 5.17. The van der Waals surface area contributed by atoms with Crippen LogP contribution in [0.5, 0.6) is 5.88 Å². The smallest absolute Gasteiger partial charge is 0.240 e. The van der Waals surface area contributed by atoms with E-state index < -0.39 is 0 Å². The molecular weight excluding hydrogens is 208 g/mol. The van der Waals surface area contributed by atoms with Crippen LogP contribution in [0.1, 0.15) is 12.8 Å². The number of isocyanates is 1. The van der Waals surface area contributed by atoms with Gasteiger partial charge in [-0.3, -0.25) is 0 Å². The van der Waals surface area contributed by atoms with E-state index in [9.17, 15) is 4.79 Å². The molecule has 5 nitrogen and oxygen atoms in total. The summed E-state index contributed by atoms with van der Waals surface area (Å²) in [6.07, 6.45) is 4.89. The lowest BCUT2D eigenvalue weighted by atomic mass is 10.1. The summed E-state index contributed by atoms with van der Waals surface area (Å²) in [5.74, 6) is 0.553. The fourth-order valence-corrected chi connectivity index (χ4v) is 1.53. The molecule has 84 valence electrons. The van der Waals surface area contributed by atoms with Gasteiger partial charge in [-0.1, -0.05) is 0 Å². The Balaban J connectivity index is 1.96. The monoisotopic (exact) mass is 220 g/mol. The number of pyridine rings is 1. The molecule has 0 unspecified atom stereocenters. The maximum atomic E-state index is 10.0. The fraction of sp³-hybridized carbons (Fsp3) is 0.455. The van der Waals surface area contributed by atoms with E-state index in [4.69, 9.17) is 9.47 Å². The number of aliphatic imine (C=N–C) groups is 1.